The lowest BCUT2D eigenvalue weighted by Crippen LogP contribution is -2.49. The van der Waals surface area contributed by atoms with Gasteiger partial charge in [-0.05, 0) is 30.3 Å². The molecule has 0 unspecified atom stereocenters. The van der Waals surface area contributed by atoms with Gasteiger partial charge in [-0.1, -0.05) is 23.7 Å². The molecule has 30 heavy (non-hydrogen) atoms. The highest BCUT2D eigenvalue weighted by Gasteiger charge is 2.36. The zero-order valence-electron chi connectivity index (χ0n) is 15.7. The summed E-state index contributed by atoms with van der Waals surface area (Å²) in [5, 5.41) is -0.580. The summed E-state index contributed by atoms with van der Waals surface area (Å²) in [6.07, 6.45) is -3.69. The number of halogens is 4. The molecule has 0 bridgehead atoms. The molecule has 1 saturated heterocycles. The zero-order valence-corrected chi connectivity index (χ0v) is 18.1. The number of benzene rings is 2. The van der Waals surface area contributed by atoms with Crippen molar-refractivity contribution in [2.24, 2.45) is 0 Å². The second kappa shape index (κ2) is 8.03. The van der Waals surface area contributed by atoms with Crippen LogP contribution in [0.15, 0.2) is 52.3 Å². The van der Waals surface area contributed by atoms with Gasteiger partial charge < -0.3 is 4.90 Å². The maximum absolute atomic E-state index is 13.1. The van der Waals surface area contributed by atoms with Crippen LogP contribution in [0.2, 0.25) is 5.02 Å². The van der Waals surface area contributed by atoms with Crippen LogP contribution in [0.1, 0.15) is 5.56 Å². The Morgan fingerprint density at radius 1 is 0.933 bits per heavy atom. The first kappa shape index (κ1) is 22.9. The number of sulfone groups is 1. The lowest BCUT2D eigenvalue weighted by molar-refractivity contribution is -0.137. The predicted molar refractivity (Wildman–Crippen MR) is 107 cm³/mol. The topological polar surface area (TPSA) is 74.8 Å². The first-order valence-electron chi connectivity index (χ1n) is 8.73. The Balaban J connectivity index is 1.84. The van der Waals surface area contributed by atoms with Gasteiger partial charge in [-0.15, -0.1) is 0 Å². The second-order valence-electron chi connectivity index (χ2n) is 6.77. The lowest BCUT2D eigenvalue weighted by Gasteiger charge is -2.36. The molecule has 0 atom stereocenters. The maximum Gasteiger partial charge on any atom is 0.417 e. The predicted octanol–water partition coefficient (Wildman–Crippen LogP) is 3.27. The van der Waals surface area contributed by atoms with Crippen molar-refractivity contribution < 1.29 is 30.0 Å². The number of nitrogens with zero attached hydrogens (tertiary/aromatic N) is 2. The molecular weight excluding hydrogens is 465 g/mol. The normalized spacial score (nSPS) is 16.6. The highest BCUT2D eigenvalue weighted by atomic mass is 35.5. The Morgan fingerprint density at radius 3 is 2.10 bits per heavy atom. The van der Waals surface area contributed by atoms with Crippen LogP contribution in [-0.4, -0.2) is 53.6 Å². The Bertz CT molecular complexity index is 1160. The molecule has 164 valence electrons. The van der Waals surface area contributed by atoms with Crippen molar-refractivity contribution in [3.05, 3.63) is 53.1 Å². The quantitative estimate of drug-likeness (QED) is 0.668. The zero-order chi connectivity index (χ0) is 22.3. The van der Waals surface area contributed by atoms with E-state index in [0.717, 1.165) is 22.7 Å². The number of hydrogen-bond donors (Lipinski definition) is 0. The lowest BCUT2D eigenvalue weighted by atomic mass is 10.2. The van der Waals surface area contributed by atoms with Gasteiger partial charge in [0.15, 0.2) is 9.84 Å². The van der Waals surface area contributed by atoms with Gasteiger partial charge in [-0.2, -0.15) is 17.5 Å². The molecule has 1 aliphatic rings. The van der Waals surface area contributed by atoms with Crippen LogP contribution < -0.4 is 4.90 Å². The van der Waals surface area contributed by atoms with E-state index >= 15 is 0 Å². The highest BCUT2D eigenvalue weighted by molar-refractivity contribution is 7.91. The third kappa shape index (κ3) is 4.58. The average Bonchev–Trinajstić information content (AvgIpc) is 2.66. The summed E-state index contributed by atoms with van der Waals surface area (Å²) in [5.74, 6) is 0. The molecule has 1 aliphatic heterocycles. The number of anilines is 1. The molecule has 0 amide bonds. The Hall–Kier alpha value is -1.82. The van der Waals surface area contributed by atoms with Crippen molar-refractivity contribution >= 4 is 37.1 Å². The SMILES string of the molecule is CS(=O)(=O)c1ccccc1N1CCN(S(=O)(=O)c2ccc(Cl)c(C(F)(F)F)c2)CC1. The smallest absolute Gasteiger partial charge is 0.368 e. The van der Waals surface area contributed by atoms with Gasteiger partial charge in [0.05, 0.1) is 26.1 Å². The van der Waals surface area contributed by atoms with Gasteiger partial charge in [-0.3, -0.25) is 0 Å². The molecule has 0 spiro atoms. The maximum atomic E-state index is 13.1. The number of hydrogen-bond acceptors (Lipinski definition) is 5. The van der Waals surface area contributed by atoms with Gasteiger partial charge in [0, 0.05) is 32.4 Å². The van der Waals surface area contributed by atoms with Gasteiger partial charge in [0.25, 0.3) is 0 Å². The van der Waals surface area contributed by atoms with Crippen LogP contribution in [0.5, 0.6) is 0 Å². The number of sulfonamides is 1. The summed E-state index contributed by atoms with van der Waals surface area (Å²) in [5.41, 5.74) is -0.756. The molecule has 1 heterocycles. The van der Waals surface area contributed by atoms with Crippen molar-refractivity contribution in [2.75, 3.05) is 37.3 Å². The van der Waals surface area contributed by atoms with Crippen molar-refractivity contribution in [1.82, 2.24) is 4.31 Å². The summed E-state index contributed by atoms with van der Waals surface area (Å²) in [4.78, 5) is 1.38. The minimum atomic E-state index is -4.78. The molecule has 0 aliphatic carbocycles. The van der Waals surface area contributed by atoms with Crippen LogP contribution in [0, 0.1) is 0 Å². The molecule has 0 N–H and O–H groups in total. The Kier molecular flexibility index (Phi) is 6.11. The minimum Gasteiger partial charge on any atom is -0.368 e. The molecule has 1 fully saturated rings. The molecule has 6 nitrogen and oxygen atoms in total. The van der Waals surface area contributed by atoms with Crippen molar-refractivity contribution in [3.8, 4) is 0 Å². The van der Waals surface area contributed by atoms with Crippen LogP contribution in [0.4, 0.5) is 18.9 Å². The van der Waals surface area contributed by atoms with Gasteiger partial charge in [0.1, 0.15) is 0 Å². The third-order valence-corrected chi connectivity index (χ3v) is 8.09. The van der Waals surface area contributed by atoms with Crippen molar-refractivity contribution in [1.29, 1.82) is 0 Å². The number of para-hydroxylation sites is 1. The Morgan fingerprint density at radius 2 is 1.53 bits per heavy atom. The van der Waals surface area contributed by atoms with Gasteiger partial charge in [-0.25, -0.2) is 16.8 Å². The van der Waals surface area contributed by atoms with E-state index in [0.29, 0.717) is 11.8 Å². The van der Waals surface area contributed by atoms with E-state index in [2.05, 4.69) is 0 Å². The van der Waals surface area contributed by atoms with E-state index in [9.17, 15) is 30.0 Å². The van der Waals surface area contributed by atoms with E-state index in [4.69, 9.17) is 11.6 Å². The molecule has 0 saturated carbocycles. The third-order valence-electron chi connectivity index (χ3n) is 4.73. The fourth-order valence-corrected chi connectivity index (χ4v) is 5.81. The minimum absolute atomic E-state index is 0.00952. The molecular formula is C18H18ClF3N2O4S2. The second-order valence-corrected chi connectivity index (χ2v) is 11.1. The fraction of sp³-hybridized carbons (Fsp3) is 0.333. The van der Waals surface area contributed by atoms with Crippen LogP contribution in [0.3, 0.4) is 0 Å². The monoisotopic (exact) mass is 482 g/mol. The summed E-state index contributed by atoms with van der Waals surface area (Å²) in [6, 6.07) is 8.87. The largest absolute Gasteiger partial charge is 0.417 e. The molecule has 12 heteroatoms. The fourth-order valence-electron chi connectivity index (χ4n) is 3.23. The number of alkyl halides is 3. The first-order valence-corrected chi connectivity index (χ1v) is 12.4. The first-order chi connectivity index (χ1) is 13.8. The van der Waals surface area contributed by atoms with E-state index < -0.39 is 41.5 Å². The Labute approximate surface area is 177 Å². The van der Waals surface area contributed by atoms with E-state index in [-0.39, 0.29) is 31.1 Å². The summed E-state index contributed by atoms with van der Waals surface area (Å²) in [6.45, 7) is 0.353. The molecule has 0 aromatic heterocycles. The number of piperazine rings is 1. The molecule has 3 rings (SSSR count). The summed E-state index contributed by atoms with van der Waals surface area (Å²) < 4.78 is 90.0. The van der Waals surface area contributed by atoms with Crippen molar-refractivity contribution in [2.45, 2.75) is 16.0 Å². The van der Waals surface area contributed by atoms with E-state index in [1.807, 2.05) is 0 Å². The average molecular weight is 483 g/mol. The van der Waals surface area contributed by atoms with Gasteiger partial charge >= 0.3 is 6.18 Å². The van der Waals surface area contributed by atoms with Crippen LogP contribution >= 0.6 is 11.6 Å². The van der Waals surface area contributed by atoms with Crippen LogP contribution in [0.25, 0.3) is 0 Å². The molecule has 2 aromatic rings. The van der Waals surface area contributed by atoms with Crippen molar-refractivity contribution in [3.63, 3.8) is 0 Å². The standard InChI is InChI=1S/C18H18ClF3N2O4S2/c1-29(25,26)17-5-3-2-4-16(17)23-8-10-24(11-9-23)30(27,28)13-6-7-15(19)14(12-13)18(20,21)22/h2-7,12H,8-11H2,1H3. The van der Waals surface area contributed by atoms with E-state index in [1.165, 1.54) is 6.07 Å². The van der Waals surface area contributed by atoms with Gasteiger partial charge in [0.2, 0.25) is 10.0 Å². The highest BCUT2D eigenvalue weighted by Crippen LogP contribution is 2.36. The molecule has 0 radical (unpaired) electrons. The van der Waals surface area contributed by atoms with Crippen LogP contribution in [-0.2, 0) is 26.0 Å². The molecule has 2 aromatic carbocycles. The number of rotatable bonds is 4. The summed E-state index contributed by atoms with van der Waals surface area (Å²) in [7, 11) is -7.66. The summed E-state index contributed by atoms with van der Waals surface area (Å²) >= 11 is 5.57. The van der Waals surface area contributed by atoms with E-state index in [1.54, 1.807) is 23.1 Å².